The van der Waals surface area contributed by atoms with Gasteiger partial charge in [-0.05, 0) is 46.1 Å². The standard InChI is InChI=1S/C13H18BrClN2O.ClH/c1-13(2,7-16)8-17(3)12(18)10-5-4-9(15)6-11(10)14;/h4-6H,7-8,16H2,1-3H3;1H. The molecule has 0 saturated heterocycles. The molecule has 0 aliphatic carbocycles. The van der Waals surface area contributed by atoms with E-state index in [9.17, 15) is 4.79 Å². The molecule has 108 valence electrons. The second-order valence-corrected chi connectivity index (χ2v) is 6.44. The zero-order chi connectivity index (χ0) is 13.9. The van der Waals surface area contributed by atoms with Gasteiger partial charge in [0.2, 0.25) is 0 Å². The fourth-order valence-electron chi connectivity index (χ4n) is 1.65. The molecule has 0 saturated carbocycles. The molecule has 1 amide bonds. The van der Waals surface area contributed by atoms with Crippen LogP contribution < -0.4 is 5.73 Å². The van der Waals surface area contributed by atoms with Gasteiger partial charge in [-0.25, -0.2) is 0 Å². The van der Waals surface area contributed by atoms with Gasteiger partial charge in [0.1, 0.15) is 0 Å². The van der Waals surface area contributed by atoms with Crippen molar-refractivity contribution in [2.75, 3.05) is 20.1 Å². The molecule has 0 fully saturated rings. The van der Waals surface area contributed by atoms with E-state index >= 15 is 0 Å². The maximum absolute atomic E-state index is 12.3. The minimum atomic E-state index is -0.0939. The molecule has 0 atom stereocenters. The van der Waals surface area contributed by atoms with Gasteiger partial charge in [-0.2, -0.15) is 0 Å². The molecule has 0 aliphatic rings. The van der Waals surface area contributed by atoms with Gasteiger partial charge in [-0.15, -0.1) is 12.4 Å². The highest BCUT2D eigenvalue weighted by molar-refractivity contribution is 9.10. The number of amides is 1. The monoisotopic (exact) mass is 368 g/mol. The highest BCUT2D eigenvalue weighted by atomic mass is 79.9. The molecule has 0 radical (unpaired) electrons. The fraction of sp³-hybridized carbons (Fsp3) is 0.462. The molecule has 0 heterocycles. The highest BCUT2D eigenvalue weighted by Crippen LogP contribution is 2.23. The van der Waals surface area contributed by atoms with Crippen LogP contribution in [-0.4, -0.2) is 30.9 Å². The number of nitrogens with zero attached hydrogens (tertiary/aromatic N) is 1. The molecular formula is C13H19BrCl2N2O. The molecule has 1 rings (SSSR count). The lowest BCUT2D eigenvalue weighted by molar-refractivity contribution is 0.0739. The lowest BCUT2D eigenvalue weighted by Crippen LogP contribution is -2.39. The average Bonchev–Trinajstić information content (AvgIpc) is 2.27. The van der Waals surface area contributed by atoms with Gasteiger partial charge in [0.25, 0.3) is 5.91 Å². The van der Waals surface area contributed by atoms with E-state index in [0.717, 1.165) is 0 Å². The Hall–Kier alpha value is -0.290. The topological polar surface area (TPSA) is 46.3 Å². The molecule has 0 bridgehead atoms. The van der Waals surface area contributed by atoms with Crippen molar-refractivity contribution in [2.24, 2.45) is 11.1 Å². The van der Waals surface area contributed by atoms with Crippen molar-refractivity contribution in [3.8, 4) is 0 Å². The number of benzene rings is 1. The van der Waals surface area contributed by atoms with E-state index in [-0.39, 0.29) is 23.7 Å². The number of rotatable bonds is 4. The van der Waals surface area contributed by atoms with Crippen LogP contribution in [0.1, 0.15) is 24.2 Å². The minimum absolute atomic E-state index is 0. The fourth-order valence-corrected chi connectivity index (χ4v) is 2.50. The van der Waals surface area contributed by atoms with Crippen LogP contribution in [0.25, 0.3) is 0 Å². The van der Waals surface area contributed by atoms with Crippen LogP contribution in [-0.2, 0) is 0 Å². The van der Waals surface area contributed by atoms with Crippen LogP contribution >= 0.6 is 39.9 Å². The van der Waals surface area contributed by atoms with Gasteiger partial charge in [0.05, 0.1) is 5.56 Å². The van der Waals surface area contributed by atoms with Crippen molar-refractivity contribution < 1.29 is 4.79 Å². The number of halogens is 3. The van der Waals surface area contributed by atoms with Crippen LogP contribution in [0, 0.1) is 5.41 Å². The van der Waals surface area contributed by atoms with Crippen LogP contribution in [0.15, 0.2) is 22.7 Å². The number of hydrogen-bond acceptors (Lipinski definition) is 2. The smallest absolute Gasteiger partial charge is 0.254 e. The lowest BCUT2D eigenvalue weighted by atomic mass is 9.93. The molecule has 19 heavy (non-hydrogen) atoms. The summed E-state index contributed by atoms with van der Waals surface area (Å²) in [6.45, 7) is 5.21. The molecule has 1 aromatic rings. The zero-order valence-electron chi connectivity index (χ0n) is 11.2. The Morgan fingerprint density at radius 3 is 2.53 bits per heavy atom. The first-order valence-corrected chi connectivity index (χ1v) is 6.84. The second kappa shape index (κ2) is 7.48. The molecule has 0 spiro atoms. The van der Waals surface area contributed by atoms with Gasteiger partial charge in [-0.3, -0.25) is 4.79 Å². The first-order chi connectivity index (χ1) is 8.26. The maximum Gasteiger partial charge on any atom is 0.254 e. The van der Waals surface area contributed by atoms with E-state index in [1.54, 1.807) is 30.1 Å². The Morgan fingerprint density at radius 2 is 2.05 bits per heavy atom. The van der Waals surface area contributed by atoms with Crippen molar-refractivity contribution in [3.05, 3.63) is 33.3 Å². The number of nitrogens with two attached hydrogens (primary N) is 1. The summed E-state index contributed by atoms with van der Waals surface area (Å²) in [7, 11) is 1.78. The quantitative estimate of drug-likeness (QED) is 0.881. The predicted molar refractivity (Wildman–Crippen MR) is 86.2 cm³/mol. The van der Waals surface area contributed by atoms with Crippen molar-refractivity contribution >= 4 is 45.8 Å². The molecular weight excluding hydrogens is 351 g/mol. The summed E-state index contributed by atoms with van der Waals surface area (Å²) in [5, 5.41) is 0.600. The summed E-state index contributed by atoms with van der Waals surface area (Å²) in [6, 6.07) is 5.15. The van der Waals surface area contributed by atoms with E-state index in [0.29, 0.717) is 28.1 Å². The Morgan fingerprint density at radius 1 is 1.47 bits per heavy atom. The normalized spacial score (nSPS) is 10.8. The Bertz CT molecular complexity index is 452. The summed E-state index contributed by atoms with van der Waals surface area (Å²) in [5.74, 6) is -0.0416. The third-order valence-electron chi connectivity index (χ3n) is 2.73. The van der Waals surface area contributed by atoms with Crippen LogP contribution in [0.3, 0.4) is 0 Å². The van der Waals surface area contributed by atoms with Crippen molar-refractivity contribution in [3.63, 3.8) is 0 Å². The zero-order valence-corrected chi connectivity index (χ0v) is 14.4. The average molecular weight is 370 g/mol. The number of carbonyl (C=O) groups excluding carboxylic acids is 1. The van der Waals surface area contributed by atoms with Crippen LogP contribution in [0.2, 0.25) is 5.02 Å². The SMILES string of the molecule is CN(CC(C)(C)CN)C(=O)c1ccc(Cl)cc1Br.Cl. The van der Waals surface area contributed by atoms with Crippen LogP contribution in [0.5, 0.6) is 0 Å². The van der Waals surface area contributed by atoms with Crippen molar-refractivity contribution in [2.45, 2.75) is 13.8 Å². The van der Waals surface area contributed by atoms with Gasteiger partial charge in [-0.1, -0.05) is 25.4 Å². The van der Waals surface area contributed by atoms with Gasteiger partial charge in [0.15, 0.2) is 0 Å². The van der Waals surface area contributed by atoms with Crippen molar-refractivity contribution in [1.82, 2.24) is 4.90 Å². The van der Waals surface area contributed by atoms with Crippen LogP contribution in [0.4, 0.5) is 0 Å². The summed E-state index contributed by atoms with van der Waals surface area (Å²) in [4.78, 5) is 14.0. The number of carbonyl (C=O) groups is 1. The molecule has 2 N–H and O–H groups in total. The Labute approximate surface area is 134 Å². The summed E-state index contributed by atoms with van der Waals surface area (Å²) >= 11 is 9.21. The molecule has 3 nitrogen and oxygen atoms in total. The summed E-state index contributed by atoms with van der Waals surface area (Å²) in [6.07, 6.45) is 0. The molecule has 1 aromatic carbocycles. The third-order valence-corrected chi connectivity index (χ3v) is 3.62. The molecule has 6 heteroatoms. The van der Waals surface area contributed by atoms with E-state index < -0.39 is 0 Å². The van der Waals surface area contributed by atoms with Gasteiger partial charge in [0, 0.05) is 23.1 Å². The summed E-state index contributed by atoms with van der Waals surface area (Å²) < 4.78 is 0.706. The Kier molecular flexibility index (Phi) is 7.37. The van der Waals surface area contributed by atoms with Gasteiger partial charge < -0.3 is 10.6 Å². The first kappa shape index (κ1) is 18.7. The van der Waals surface area contributed by atoms with Crippen molar-refractivity contribution in [1.29, 1.82) is 0 Å². The molecule has 0 aromatic heterocycles. The second-order valence-electron chi connectivity index (χ2n) is 5.15. The Balaban J connectivity index is 0.00000324. The lowest BCUT2D eigenvalue weighted by Gasteiger charge is -2.29. The molecule has 0 unspecified atom stereocenters. The van der Waals surface area contributed by atoms with E-state index in [1.165, 1.54) is 0 Å². The molecule has 0 aliphatic heterocycles. The first-order valence-electron chi connectivity index (χ1n) is 5.67. The van der Waals surface area contributed by atoms with E-state index in [2.05, 4.69) is 15.9 Å². The van der Waals surface area contributed by atoms with Gasteiger partial charge >= 0.3 is 0 Å². The maximum atomic E-state index is 12.3. The minimum Gasteiger partial charge on any atom is -0.341 e. The van der Waals surface area contributed by atoms with E-state index in [1.807, 2.05) is 13.8 Å². The van der Waals surface area contributed by atoms with E-state index in [4.69, 9.17) is 17.3 Å². The highest BCUT2D eigenvalue weighted by Gasteiger charge is 2.22. The predicted octanol–water partition coefficient (Wildman–Crippen LogP) is 3.58. The largest absolute Gasteiger partial charge is 0.341 e. The number of hydrogen-bond donors (Lipinski definition) is 1. The summed E-state index contributed by atoms with van der Waals surface area (Å²) in [5.41, 5.74) is 6.19. The third kappa shape index (κ3) is 5.30.